The van der Waals surface area contributed by atoms with E-state index in [2.05, 4.69) is 11.3 Å². The number of hydrogen-bond donors (Lipinski definition) is 1. The van der Waals surface area contributed by atoms with Crippen LogP contribution < -0.4 is 4.72 Å². The van der Waals surface area contributed by atoms with Crippen molar-refractivity contribution in [1.29, 1.82) is 0 Å². The molecule has 1 amide bonds. The van der Waals surface area contributed by atoms with Crippen LogP contribution in [0.15, 0.2) is 41.8 Å². The Bertz CT molecular complexity index is 762. The van der Waals surface area contributed by atoms with Gasteiger partial charge in [-0.1, -0.05) is 6.08 Å². The van der Waals surface area contributed by atoms with E-state index < -0.39 is 22.0 Å². The Kier molecular flexibility index (Phi) is 7.24. The Balaban J connectivity index is 2.18. The van der Waals surface area contributed by atoms with Gasteiger partial charge in [0.15, 0.2) is 0 Å². The van der Waals surface area contributed by atoms with Crippen molar-refractivity contribution >= 4 is 33.7 Å². The van der Waals surface area contributed by atoms with Crippen molar-refractivity contribution in [3.05, 3.63) is 42.5 Å². The molecule has 1 saturated heterocycles. The van der Waals surface area contributed by atoms with Gasteiger partial charge in [0.05, 0.1) is 11.5 Å². The third kappa shape index (κ3) is 4.87. The van der Waals surface area contributed by atoms with Gasteiger partial charge in [-0.3, -0.25) is 4.79 Å². The van der Waals surface area contributed by atoms with E-state index in [4.69, 9.17) is 4.74 Å². The van der Waals surface area contributed by atoms with Crippen molar-refractivity contribution in [2.24, 2.45) is 0 Å². The lowest BCUT2D eigenvalue weighted by atomic mass is 10.1. The Morgan fingerprint density at radius 2 is 2.08 bits per heavy atom. The quantitative estimate of drug-likeness (QED) is 0.549. The summed E-state index contributed by atoms with van der Waals surface area (Å²) in [7, 11) is -3.64. The van der Waals surface area contributed by atoms with Crippen molar-refractivity contribution in [2.45, 2.75) is 17.9 Å². The van der Waals surface area contributed by atoms with E-state index in [9.17, 15) is 18.0 Å². The monoisotopic (exact) mass is 398 g/mol. The summed E-state index contributed by atoms with van der Waals surface area (Å²) in [4.78, 5) is 26.4. The number of rotatable bonds is 7. The molecule has 1 aromatic carbocycles. The van der Waals surface area contributed by atoms with Crippen molar-refractivity contribution in [3.63, 3.8) is 0 Å². The van der Waals surface area contributed by atoms with Crippen molar-refractivity contribution in [3.8, 4) is 0 Å². The number of amides is 1. The molecule has 26 heavy (non-hydrogen) atoms. The zero-order valence-corrected chi connectivity index (χ0v) is 16.1. The first kappa shape index (κ1) is 20.5. The van der Waals surface area contributed by atoms with Gasteiger partial charge in [-0.15, -0.1) is 6.58 Å². The molecule has 1 aliphatic heterocycles. The number of carbonyl (C=O) groups excluding carboxylic acids is 2. The molecule has 0 aliphatic carbocycles. The standard InChI is InChI=1S/C17H22N2O5S2/c1-3-9-18-26(22,23)14-7-5-13(6-8-14)16(20)19-10-11-25-12-15(19)17(21)24-4-2/h3,5-8,15,18H,1,4,9-12H2,2H3/t15-/m0/s1. The Hall–Kier alpha value is -1.84. The molecule has 7 nitrogen and oxygen atoms in total. The molecule has 1 aliphatic rings. The molecule has 1 heterocycles. The van der Waals surface area contributed by atoms with Crippen LogP contribution in [0.1, 0.15) is 17.3 Å². The highest BCUT2D eigenvalue weighted by Crippen LogP contribution is 2.21. The lowest BCUT2D eigenvalue weighted by Crippen LogP contribution is -2.51. The van der Waals surface area contributed by atoms with E-state index in [1.54, 1.807) is 18.7 Å². The zero-order valence-electron chi connectivity index (χ0n) is 14.5. The number of ether oxygens (including phenoxy) is 1. The predicted molar refractivity (Wildman–Crippen MR) is 101 cm³/mol. The van der Waals surface area contributed by atoms with Crippen LogP contribution in [0, 0.1) is 0 Å². The topological polar surface area (TPSA) is 92.8 Å². The number of sulfonamides is 1. The molecule has 0 saturated carbocycles. The second-order valence-electron chi connectivity index (χ2n) is 5.51. The van der Waals surface area contributed by atoms with E-state index in [1.807, 2.05) is 0 Å². The number of nitrogens with one attached hydrogen (secondary N) is 1. The molecule has 9 heteroatoms. The van der Waals surface area contributed by atoms with Gasteiger partial charge in [0.25, 0.3) is 5.91 Å². The minimum Gasteiger partial charge on any atom is -0.464 e. The average molecular weight is 399 g/mol. The van der Waals surface area contributed by atoms with Crippen molar-refractivity contribution < 1.29 is 22.7 Å². The predicted octanol–water partition coefficient (Wildman–Crippen LogP) is 1.27. The van der Waals surface area contributed by atoms with Gasteiger partial charge >= 0.3 is 5.97 Å². The fraction of sp³-hybridized carbons (Fsp3) is 0.412. The maximum atomic E-state index is 12.8. The molecular weight excluding hydrogens is 376 g/mol. The van der Waals surface area contributed by atoms with Gasteiger partial charge in [-0.25, -0.2) is 17.9 Å². The van der Waals surface area contributed by atoms with Crippen molar-refractivity contribution in [1.82, 2.24) is 9.62 Å². The van der Waals surface area contributed by atoms with Crippen molar-refractivity contribution in [2.75, 3.05) is 31.2 Å². The van der Waals surface area contributed by atoms with Crippen LogP contribution in [0.25, 0.3) is 0 Å². The van der Waals surface area contributed by atoms with E-state index in [0.717, 1.165) is 5.75 Å². The number of hydrogen-bond acceptors (Lipinski definition) is 6. The molecule has 1 aromatic rings. The molecule has 0 unspecified atom stereocenters. The smallest absolute Gasteiger partial charge is 0.329 e. The first-order valence-electron chi connectivity index (χ1n) is 8.16. The van der Waals surface area contributed by atoms with Crippen LogP contribution in [0.5, 0.6) is 0 Å². The van der Waals surface area contributed by atoms with Gasteiger partial charge in [-0.05, 0) is 31.2 Å². The maximum absolute atomic E-state index is 12.8. The molecule has 0 spiro atoms. The fourth-order valence-electron chi connectivity index (χ4n) is 2.47. The van der Waals surface area contributed by atoms with Gasteiger partial charge in [0, 0.05) is 30.2 Å². The summed E-state index contributed by atoms with van der Waals surface area (Å²) in [6.07, 6.45) is 1.44. The maximum Gasteiger partial charge on any atom is 0.329 e. The summed E-state index contributed by atoms with van der Waals surface area (Å²) >= 11 is 1.60. The number of thioether (sulfide) groups is 1. The molecule has 2 rings (SSSR count). The summed E-state index contributed by atoms with van der Waals surface area (Å²) in [6, 6.07) is 5.02. The molecule has 0 aromatic heterocycles. The second kappa shape index (κ2) is 9.20. The Morgan fingerprint density at radius 1 is 1.38 bits per heavy atom. The first-order valence-corrected chi connectivity index (χ1v) is 10.8. The lowest BCUT2D eigenvalue weighted by molar-refractivity contribution is -0.147. The zero-order chi connectivity index (χ0) is 19.2. The number of carbonyl (C=O) groups is 2. The van der Waals surface area contributed by atoms with Gasteiger partial charge in [-0.2, -0.15) is 11.8 Å². The van der Waals surface area contributed by atoms with Gasteiger partial charge in [0.1, 0.15) is 6.04 Å². The highest BCUT2D eigenvalue weighted by Gasteiger charge is 2.34. The van der Waals surface area contributed by atoms with Gasteiger partial charge in [0.2, 0.25) is 10.0 Å². The largest absolute Gasteiger partial charge is 0.464 e. The van der Waals surface area contributed by atoms with Crippen LogP contribution >= 0.6 is 11.8 Å². The average Bonchev–Trinajstić information content (AvgIpc) is 2.66. The minimum absolute atomic E-state index is 0.0621. The van der Waals surface area contributed by atoms with E-state index in [1.165, 1.54) is 35.2 Å². The number of nitrogens with zero attached hydrogens (tertiary/aromatic N) is 1. The molecule has 1 atom stereocenters. The van der Waals surface area contributed by atoms with Crippen LogP contribution in [0.4, 0.5) is 0 Å². The third-order valence-corrected chi connectivity index (χ3v) is 6.24. The minimum atomic E-state index is -3.64. The molecular formula is C17H22N2O5S2. The lowest BCUT2D eigenvalue weighted by Gasteiger charge is -2.33. The Morgan fingerprint density at radius 3 is 2.69 bits per heavy atom. The summed E-state index contributed by atoms with van der Waals surface area (Å²) in [5.41, 5.74) is 0.328. The highest BCUT2D eigenvalue weighted by atomic mass is 32.2. The third-order valence-electron chi connectivity index (χ3n) is 3.78. The first-order chi connectivity index (χ1) is 12.4. The summed E-state index contributed by atoms with van der Waals surface area (Å²) in [5.74, 6) is 0.495. The normalized spacial score (nSPS) is 17.6. The molecule has 1 fully saturated rings. The van der Waals surface area contributed by atoms with Crippen LogP contribution in [-0.4, -0.2) is 62.4 Å². The van der Waals surface area contributed by atoms with Crippen LogP contribution in [0.2, 0.25) is 0 Å². The van der Waals surface area contributed by atoms with Crippen LogP contribution in [-0.2, 0) is 19.6 Å². The van der Waals surface area contributed by atoms with E-state index >= 15 is 0 Å². The fourth-order valence-corrected chi connectivity index (χ4v) is 4.51. The number of esters is 1. The van der Waals surface area contributed by atoms with E-state index in [-0.39, 0.29) is 24.0 Å². The molecule has 0 radical (unpaired) electrons. The highest BCUT2D eigenvalue weighted by molar-refractivity contribution is 7.99. The molecule has 0 bridgehead atoms. The van der Waals surface area contributed by atoms with Crippen LogP contribution in [0.3, 0.4) is 0 Å². The summed E-state index contributed by atoms with van der Waals surface area (Å²) < 4.78 is 31.6. The SMILES string of the molecule is C=CCNS(=O)(=O)c1ccc(C(=O)N2CCSC[C@H]2C(=O)OCC)cc1. The van der Waals surface area contributed by atoms with Gasteiger partial charge < -0.3 is 9.64 Å². The summed E-state index contributed by atoms with van der Waals surface area (Å²) in [5, 5.41) is 0. The summed E-state index contributed by atoms with van der Waals surface area (Å²) in [6.45, 7) is 6.00. The molecule has 1 N–H and O–H groups in total. The molecule has 142 valence electrons. The second-order valence-corrected chi connectivity index (χ2v) is 8.42. The number of benzene rings is 1. The van der Waals surface area contributed by atoms with E-state index in [0.29, 0.717) is 17.9 Å². The Labute approximate surface area is 157 Å².